The van der Waals surface area contributed by atoms with Crippen molar-refractivity contribution >= 4 is 6.21 Å². The van der Waals surface area contributed by atoms with Crippen LogP contribution in [0.4, 0.5) is 0 Å². The van der Waals surface area contributed by atoms with Crippen LogP contribution in [0.3, 0.4) is 0 Å². The van der Waals surface area contributed by atoms with E-state index < -0.39 is 0 Å². The fourth-order valence-corrected chi connectivity index (χ4v) is 0.609. The van der Waals surface area contributed by atoms with Crippen LogP contribution in [0.25, 0.3) is 0 Å². The lowest BCUT2D eigenvalue weighted by Crippen LogP contribution is -2.08. The van der Waals surface area contributed by atoms with Crippen LogP contribution in [0.2, 0.25) is 0 Å². The zero-order chi connectivity index (χ0) is 8.49. The Morgan fingerprint density at radius 3 is 2.25 bits per heavy atom. The van der Waals surface area contributed by atoms with Gasteiger partial charge in [-0.05, 0) is 12.3 Å². The van der Waals surface area contributed by atoms with Crippen LogP contribution in [-0.4, -0.2) is 26.1 Å². The minimum Gasteiger partial charge on any atom is -0.372 e. The minimum absolute atomic E-state index is 0.653. The van der Waals surface area contributed by atoms with Crippen molar-refractivity contribution in [3.63, 3.8) is 0 Å². The lowest BCUT2D eigenvalue weighted by molar-refractivity contribution is -0.532. The molecule has 68 valence electrons. The van der Waals surface area contributed by atoms with Crippen LogP contribution >= 0.6 is 0 Å². The highest BCUT2D eigenvalue weighted by Gasteiger charge is 1.96. The number of allylic oxidation sites excluding steroid dienone is 1. The van der Waals surface area contributed by atoms with Gasteiger partial charge < -0.3 is 5.32 Å². The van der Waals surface area contributed by atoms with Crippen LogP contribution in [0.1, 0.15) is 6.42 Å². The van der Waals surface area contributed by atoms with Crippen molar-refractivity contribution in [2.75, 3.05) is 19.9 Å². The van der Waals surface area contributed by atoms with Gasteiger partial charge in [-0.3, -0.25) is 4.99 Å². The molecule has 0 unspecified atom stereocenters. The van der Waals surface area contributed by atoms with Gasteiger partial charge >= 0.3 is 0 Å². The molecule has 0 bridgehead atoms. The molecule has 12 heavy (non-hydrogen) atoms. The zero-order valence-corrected chi connectivity index (χ0v) is 6.73. The standard InChI is InChI=1S/C4H6N2.C3H6O3/c1-2-5-4-6-3-1;1-2-4-6-5-3-1/h1-3,5H,4H2;1-3H2. The summed E-state index contributed by atoms with van der Waals surface area (Å²) in [6.45, 7) is 2.04. The van der Waals surface area contributed by atoms with E-state index in [1.807, 2.05) is 12.3 Å². The average Bonchev–Trinajstić information content (AvgIpc) is 2.24. The van der Waals surface area contributed by atoms with E-state index in [4.69, 9.17) is 0 Å². The Balaban J connectivity index is 0.000000120. The molecule has 1 N–H and O–H groups in total. The summed E-state index contributed by atoms with van der Waals surface area (Å²) in [7, 11) is 0. The Labute approximate surface area is 70.9 Å². The maximum absolute atomic E-state index is 4.35. The number of hydrogen-bond donors (Lipinski definition) is 1. The highest BCUT2D eigenvalue weighted by molar-refractivity contribution is 5.71. The first-order valence-electron chi connectivity index (χ1n) is 3.79. The van der Waals surface area contributed by atoms with E-state index in [-0.39, 0.29) is 0 Å². The highest BCUT2D eigenvalue weighted by atomic mass is 17.5. The number of rotatable bonds is 0. The van der Waals surface area contributed by atoms with Crippen molar-refractivity contribution in [3.8, 4) is 0 Å². The third-order valence-corrected chi connectivity index (χ3v) is 1.14. The van der Waals surface area contributed by atoms with E-state index in [0.29, 0.717) is 13.2 Å². The summed E-state index contributed by atoms with van der Waals surface area (Å²) >= 11 is 0. The molecular weight excluding hydrogens is 160 g/mol. The third-order valence-electron chi connectivity index (χ3n) is 1.14. The molecule has 0 atom stereocenters. The summed E-state index contributed by atoms with van der Waals surface area (Å²) in [5, 5.41) is 6.98. The van der Waals surface area contributed by atoms with Crippen LogP contribution in [0, 0.1) is 0 Å². The summed E-state index contributed by atoms with van der Waals surface area (Å²) in [5.74, 6) is 0. The molecule has 5 nitrogen and oxygen atoms in total. The summed E-state index contributed by atoms with van der Waals surface area (Å²) in [6, 6.07) is 0. The smallest absolute Gasteiger partial charge is 0.107 e. The molecule has 5 heteroatoms. The fourth-order valence-electron chi connectivity index (χ4n) is 0.609. The van der Waals surface area contributed by atoms with Crippen LogP contribution in [0.5, 0.6) is 0 Å². The van der Waals surface area contributed by atoms with Crippen molar-refractivity contribution < 1.29 is 14.8 Å². The van der Waals surface area contributed by atoms with Gasteiger partial charge in [-0.1, -0.05) is 5.04 Å². The molecule has 1 fully saturated rings. The van der Waals surface area contributed by atoms with E-state index in [1.165, 1.54) is 0 Å². The van der Waals surface area contributed by atoms with Crippen molar-refractivity contribution in [1.82, 2.24) is 5.32 Å². The van der Waals surface area contributed by atoms with Crippen LogP contribution in [0.15, 0.2) is 17.3 Å². The van der Waals surface area contributed by atoms with E-state index in [2.05, 4.69) is 25.1 Å². The molecule has 1 saturated heterocycles. The van der Waals surface area contributed by atoms with Crippen molar-refractivity contribution in [2.24, 2.45) is 4.99 Å². The second-order valence-corrected chi connectivity index (χ2v) is 2.12. The van der Waals surface area contributed by atoms with Gasteiger partial charge in [0.1, 0.15) is 6.67 Å². The summed E-state index contributed by atoms with van der Waals surface area (Å²) < 4.78 is 0. The highest BCUT2D eigenvalue weighted by Crippen LogP contribution is 1.93. The van der Waals surface area contributed by atoms with Gasteiger partial charge in [-0.2, -0.15) is 0 Å². The third kappa shape index (κ3) is 4.84. The number of nitrogens with zero attached hydrogens (tertiary/aromatic N) is 1. The molecule has 0 radical (unpaired) electrons. The molecule has 0 amide bonds. The van der Waals surface area contributed by atoms with Crippen molar-refractivity contribution in [3.05, 3.63) is 12.3 Å². The average molecular weight is 172 g/mol. The van der Waals surface area contributed by atoms with Gasteiger partial charge in [-0.25, -0.2) is 9.78 Å². The van der Waals surface area contributed by atoms with Gasteiger partial charge in [0.2, 0.25) is 0 Å². The van der Waals surface area contributed by atoms with Gasteiger partial charge in [0.25, 0.3) is 0 Å². The lowest BCUT2D eigenvalue weighted by Gasteiger charge is -2.06. The van der Waals surface area contributed by atoms with Crippen molar-refractivity contribution in [1.29, 1.82) is 0 Å². The van der Waals surface area contributed by atoms with Gasteiger partial charge in [0, 0.05) is 12.6 Å². The number of hydrogen-bond acceptors (Lipinski definition) is 5. The van der Waals surface area contributed by atoms with E-state index in [9.17, 15) is 0 Å². The molecule has 2 rings (SSSR count). The fraction of sp³-hybridized carbons (Fsp3) is 0.571. The van der Waals surface area contributed by atoms with E-state index >= 15 is 0 Å². The Bertz CT molecular complexity index is 131. The molecule has 0 aromatic rings. The molecule has 0 aromatic carbocycles. The number of nitrogens with one attached hydrogen (secondary N) is 1. The SMILES string of the molecule is C1=CNCN=C1.C1COOOC1. The van der Waals surface area contributed by atoms with E-state index in [0.717, 1.165) is 13.1 Å². The predicted molar refractivity (Wildman–Crippen MR) is 43.2 cm³/mol. The predicted octanol–water partition coefficient (Wildman–Crippen LogP) is 0.401. The van der Waals surface area contributed by atoms with Gasteiger partial charge in [0.15, 0.2) is 0 Å². The molecule has 0 aromatic heterocycles. The zero-order valence-electron chi connectivity index (χ0n) is 6.73. The van der Waals surface area contributed by atoms with Crippen molar-refractivity contribution in [2.45, 2.75) is 6.42 Å². The molecule has 2 heterocycles. The first-order valence-corrected chi connectivity index (χ1v) is 3.79. The molecule has 2 aliphatic heterocycles. The summed E-state index contributed by atoms with van der Waals surface area (Å²) in [5.41, 5.74) is 0. The molecule has 0 spiro atoms. The largest absolute Gasteiger partial charge is 0.372 e. The lowest BCUT2D eigenvalue weighted by atomic mass is 10.5. The van der Waals surface area contributed by atoms with Gasteiger partial charge in [0.05, 0.1) is 13.2 Å². The summed E-state index contributed by atoms with van der Waals surface area (Å²) in [4.78, 5) is 12.5. The second-order valence-electron chi connectivity index (χ2n) is 2.12. The Hall–Kier alpha value is -0.910. The first kappa shape index (κ1) is 9.18. The monoisotopic (exact) mass is 172 g/mol. The Morgan fingerprint density at radius 2 is 2.08 bits per heavy atom. The van der Waals surface area contributed by atoms with Crippen LogP contribution < -0.4 is 5.32 Å². The maximum Gasteiger partial charge on any atom is 0.107 e. The van der Waals surface area contributed by atoms with E-state index in [1.54, 1.807) is 6.21 Å². The first-order chi connectivity index (χ1) is 6.00. The number of aliphatic imine (C=N–C) groups is 1. The second kappa shape index (κ2) is 6.78. The maximum atomic E-state index is 4.35. The Morgan fingerprint density at radius 1 is 1.25 bits per heavy atom. The molecular formula is C7H12N2O3. The minimum atomic E-state index is 0.653. The topological polar surface area (TPSA) is 52.1 Å². The van der Waals surface area contributed by atoms with Gasteiger partial charge in [-0.15, -0.1) is 0 Å². The summed E-state index contributed by atoms with van der Waals surface area (Å²) in [6.07, 6.45) is 6.44. The Kier molecular flexibility index (Phi) is 5.19. The molecule has 0 saturated carbocycles. The van der Waals surface area contributed by atoms with Crippen LogP contribution in [-0.2, 0) is 14.8 Å². The quantitative estimate of drug-likeness (QED) is 0.537. The normalized spacial score (nSPS) is 20.7. The molecule has 2 aliphatic rings. The molecule has 0 aliphatic carbocycles.